The summed E-state index contributed by atoms with van der Waals surface area (Å²) in [5, 5.41) is 13.6. The highest BCUT2D eigenvalue weighted by molar-refractivity contribution is 6.35. The lowest BCUT2D eigenvalue weighted by Crippen LogP contribution is -2.42. The monoisotopic (exact) mass is 427 g/mol. The van der Waals surface area contributed by atoms with Crippen LogP contribution in [0, 0.1) is 5.82 Å². The second kappa shape index (κ2) is 9.18. The van der Waals surface area contributed by atoms with Crippen LogP contribution in [0.1, 0.15) is 42.4 Å². The third-order valence-corrected chi connectivity index (χ3v) is 4.71. The first-order chi connectivity index (χ1) is 13.0. The Labute approximate surface area is 174 Å². The van der Waals surface area contributed by atoms with Gasteiger partial charge in [-0.15, -0.1) is 0 Å². The Bertz CT molecular complexity index is 856. The van der Waals surface area contributed by atoms with Crippen LogP contribution in [0.15, 0.2) is 30.5 Å². The Balaban J connectivity index is 2.13. The van der Waals surface area contributed by atoms with Crippen LogP contribution in [0.25, 0.3) is 0 Å². The van der Waals surface area contributed by atoms with Gasteiger partial charge < -0.3 is 16.2 Å². The molecule has 28 heavy (non-hydrogen) atoms. The van der Waals surface area contributed by atoms with Crippen LogP contribution < -0.4 is 11.1 Å². The van der Waals surface area contributed by atoms with E-state index in [-0.39, 0.29) is 28.8 Å². The zero-order valence-corrected chi connectivity index (χ0v) is 17.5. The molecule has 0 bridgehead atoms. The van der Waals surface area contributed by atoms with Gasteiger partial charge in [0.2, 0.25) is 0 Å². The molecule has 2 aromatic rings. The highest BCUT2D eigenvalue weighted by Gasteiger charge is 2.23. The van der Waals surface area contributed by atoms with Crippen molar-refractivity contribution < 1.29 is 14.3 Å². The van der Waals surface area contributed by atoms with E-state index in [9.17, 15) is 14.3 Å². The largest absolute Gasteiger partial charge is 0.391 e. The zero-order chi connectivity index (χ0) is 21.1. The Morgan fingerprint density at radius 2 is 1.96 bits per heavy atom. The van der Waals surface area contributed by atoms with Gasteiger partial charge >= 0.3 is 0 Å². The lowest BCUT2D eigenvalue weighted by Gasteiger charge is -2.23. The number of halogens is 3. The molecular formula is C20H24Cl2FN3O2. The van der Waals surface area contributed by atoms with Crippen molar-refractivity contribution in [3.8, 4) is 0 Å². The summed E-state index contributed by atoms with van der Waals surface area (Å²) in [6.07, 6.45) is 0.755. The van der Waals surface area contributed by atoms with Crippen LogP contribution >= 0.6 is 23.2 Å². The number of pyridine rings is 1. The minimum Gasteiger partial charge on any atom is -0.391 e. The molecule has 0 unspecified atom stereocenters. The second-order valence-corrected chi connectivity index (χ2v) is 8.51. The van der Waals surface area contributed by atoms with Gasteiger partial charge in [0.05, 0.1) is 22.4 Å². The number of nitrogens with zero attached hydrogens (tertiary/aromatic N) is 1. The molecule has 4 N–H and O–H groups in total. The molecule has 1 aromatic carbocycles. The van der Waals surface area contributed by atoms with Crippen LogP contribution in [-0.4, -0.2) is 33.7 Å². The van der Waals surface area contributed by atoms with Crippen LogP contribution in [0.3, 0.4) is 0 Å². The Morgan fingerprint density at radius 3 is 2.61 bits per heavy atom. The molecule has 0 aliphatic rings. The SMILES string of the molecule is CC(C)(C)NC(=O)c1cccnc1C[C@H](O)[C@H](N)Cc1cc(F)c(Cl)cc1Cl. The average molecular weight is 428 g/mol. The summed E-state index contributed by atoms with van der Waals surface area (Å²) in [6, 6.07) is 5.08. The van der Waals surface area contributed by atoms with Crippen molar-refractivity contribution in [3.63, 3.8) is 0 Å². The summed E-state index contributed by atoms with van der Waals surface area (Å²) >= 11 is 11.8. The molecule has 0 aliphatic carbocycles. The molecule has 1 aromatic heterocycles. The molecule has 1 amide bonds. The smallest absolute Gasteiger partial charge is 0.253 e. The summed E-state index contributed by atoms with van der Waals surface area (Å²) in [7, 11) is 0. The van der Waals surface area contributed by atoms with Gasteiger partial charge in [-0.2, -0.15) is 0 Å². The molecule has 2 rings (SSSR count). The second-order valence-electron chi connectivity index (χ2n) is 7.70. The maximum Gasteiger partial charge on any atom is 0.253 e. The molecule has 0 saturated heterocycles. The fraction of sp³-hybridized carbons (Fsp3) is 0.400. The van der Waals surface area contributed by atoms with Crippen molar-refractivity contribution in [3.05, 3.63) is 63.1 Å². The van der Waals surface area contributed by atoms with Gasteiger partial charge in [-0.3, -0.25) is 9.78 Å². The van der Waals surface area contributed by atoms with Gasteiger partial charge in [0.1, 0.15) is 5.82 Å². The quantitative estimate of drug-likeness (QED) is 0.615. The molecule has 1 heterocycles. The number of nitrogens with two attached hydrogens (primary N) is 1. The maximum absolute atomic E-state index is 13.7. The van der Waals surface area contributed by atoms with E-state index < -0.39 is 23.5 Å². The van der Waals surface area contributed by atoms with Crippen molar-refractivity contribution in [1.29, 1.82) is 0 Å². The van der Waals surface area contributed by atoms with E-state index >= 15 is 0 Å². The summed E-state index contributed by atoms with van der Waals surface area (Å²) in [6.45, 7) is 5.63. The predicted molar refractivity (Wildman–Crippen MR) is 109 cm³/mol. The maximum atomic E-state index is 13.7. The van der Waals surface area contributed by atoms with Gasteiger partial charge in [-0.1, -0.05) is 23.2 Å². The average Bonchev–Trinajstić information content (AvgIpc) is 2.58. The molecule has 5 nitrogen and oxygen atoms in total. The number of aliphatic hydroxyl groups excluding tert-OH is 1. The minimum atomic E-state index is -1.01. The van der Waals surface area contributed by atoms with E-state index in [0.29, 0.717) is 16.8 Å². The first-order valence-electron chi connectivity index (χ1n) is 8.81. The van der Waals surface area contributed by atoms with Crippen LogP contribution in [0.4, 0.5) is 4.39 Å². The number of amides is 1. The topological polar surface area (TPSA) is 88.2 Å². The summed E-state index contributed by atoms with van der Waals surface area (Å²) in [5.74, 6) is -0.882. The van der Waals surface area contributed by atoms with E-state index in [2.05, 4.69) is 10.3 Å². The molecule has 2 atom stereocenters. The van der Waals surface area contributed by atoms with Gasteiger partial charge in [0, 0.05) is 29.2 Å². The third-order valence-electron chi connectivity index (χ3n) is 4.07. The highest BCUT2D eigenvalue weighted by atomic mass is 35.5. The molecule has 8 heteroatoms. The van der Waals surface area contributed by atoms with Gasteiger partial charge in [0.15, 0.2) is 0 Å². The fourth-order valence-electron chi connectivity index (χ4n) is 2.67. The van der Waals surface area contributed by atoms with E-state index in [1.807, 2.05) is 20.8 Å². The zero-order valence-electron chi connectivity index (χ0n) is 16.0. The summed E-state index contributed by atoms with van der Waals surface area (Å²) < 4.78 is 13.7. The lowest BCUT2D eigenvalue weighted by atomic mass is 9.97. The molecule has 0 fully saturated rings. The molecule has 0 aliphatic heterocycles. The number of rotatable bonds is 6. The number of carbonyl (C=O) groups is 1. The number of hydrogen-bond donors (Lipinski definition) is 3. The summed E-state index contributed by atoms with van der Waals surface area (Å²) in [5.41, 5.74) is 6.93. The van der Waals surface area contributed by atoms with Crippen molar-refractivity contribution in [2.75, 3.05) is 0 Å². The van der Waals surface area contributed by atoms with E-state index in [1.54, 1.807) is 18.3 Å². The van der Waals surface area contributed by atoms with Crippen LogP contribution in [-0.2, 0) is 12.8 Å². The molecular weight excluding hydrogens is 404 g/mol. The number of nitrogens with one attached hydrogen (secondary N) is 1. The third kappa shape index (κ3) is 6.14. The van der Waals surface area contributed by atoms with Crippen molar-refractivity contribution in [2.45, 2.75) is 51.3 Å². The number of hydrogen-bond acceptors (Lipinski definition) is 4. The standard InChI is InChI=1S/C20H24Cl2FN3O2/c1-20(2,3)26-19(28)12-5-4-6-25-17(12)10-18(27)16(24)8-11-7-15(23)14(22)9-13(11)21/h4-7,9,16,18,27H,8,10,24H2,1-3H3,(H,26,28)/t16-,18+/m1/s1. The number of carbonyl (C=O) groups excluding carboxylic acids is 1. The Kier molecular flexibility index (Phi) is 7.39. The predicted octanol–water partition coefficient (Wildman–Crippen LogP) is 3.53. The number of benzene rings is 1. The summed E-state index contributed by atoms with van der Waals surface area (Å²) in [4.78, 5) is 16.7. The van der Waals surface area contributed by atoms with Gasteiger partial charge in [-0.05, 0) is 57.0 Å². The van der Waals surface area contributed by atoms with Crippen molar-refractivity contribution in [1.82, 2.24) is 10.3 Å². The van der Waals surface area contributed by atoms with E-state index in [0.717, 1.165) is 0 Å². The normalized spacial score (nSPS) is 13.9. The molecule has 152 valence electrons. The number of aromatic nitrogens is 1. The molecule has 0 spiro atoms. The highest BCUT2D eigenvalue weighted by Crippen LogP contribution is 2.25. The first kappa shape index (κ1) is 22.6. The van der Waals surface area contributed by atoms with Gasteiger partial charge in [-0.25, -0.2) is 4.39 Å². The number of aliphatic hydroxyl groups is 1. The Morgan fingerprint density at radius 1 is 1.29 bits per heavy atom. The Hall–Kier alpha value is -1.73. The fourth-order valence-corrected chi connectivity index (χ4v) is 3.14. The lowest BCUT2D eigenvalue weighted by molar-refractivity contribution is 0.0916. The molecule has 0 radical (unpaired) electrons. The van der Waals surface area contributed by atoms with Crippen LogP contribution in [0.5, 0.6) is 0 Å². The van der Waals surface area contributed by atoms with Crippen LogP contribution in [0.2, 0.25) is 10.0 Å². The van der Waals surface area contributed by atoms with Gasteiger partial charge in [0.25, 0.3) is 5.91 Å². The van der Waals surface area contributed by atoms with Crippen molar-refractivity contribution in [2.24, 2.45) is 5.73 Å². The molecule has 0 saturated carbocycles. The van der Waals surface area contributed by atoms with Crippen molar-refractivity contribution >= 4 is 29.1 Å². The minimum absolute atomic E-state index is 0.0720. The van der Waals surface area contributed by atoms with E-state index in [1.165, 1.54) is 12.1 Å². The first-order valence-corrected chi connectivity index (χ1v) is 9.57. The van der Waals surface area contributed by atoms with E-state index in [4.69, 9.17) is 28.9 Å².